The summed E-state index contributed by atoms with van der Waals surface area (Å²) in [6.45, 7) is 1.66. The summed E-state index contributed by atoms with van der Waals surface area (Å²) >= 11 is 0. The van der Waals surface area contributed by atoms with Crippen molar-refractivity contribution in [2.45, 2.75) is 30.6 Å². The Hall–Kier alpha value is -3.00. The Morgan fingerprint density at radius 1 is 1.03 bits per heavy atom. The number of aromatic nitrogens is 2. The molecule has 8 nitrogen and oxygen atoms in total. The van der Waals surface area contributed by atoms with Crippen molar-refractivity contribution in [3.8, 4) is 17.1 Å². The van der Waals surface area contributed by atoms with E-state index >= 15 is 8.78 Å². The van der Waals surface area contributed by atoms with Crippen LogP contribution in [0.3, 0.4) is 0 Å². The smallest absolute Gasteiger partial charge is 0.423 e. The lowest BCUT2D eigenvalue weighted by Gasteiger charge is -2.29. The van der Waals surface area contributed by atoms with Gasteiger partial charge in [-0.05, 0) is 24.3 Å². The van der Waals surface area contributed by atoms with Crippen molar-refractivity contribution in [3.63, 3.8) is 0 Å². The van der Waals surface area contributed by atoms with Gasteiger partial charge in [-0.15, -0.1) is 0 Å². The molecule has 198 valence electrons. The summed E-state index contributed by atoms with van der Waals surface area (Å²) in [5.41, 5.74) is -2.29. The van der Waals surface area contributed by atoms with Crippen LogP contribution in [-0.4, -0.2) is 79.0 Å². The molecule has 0 bridgehead atoms. The topological polar surface area (TPSA) is 89.1 Å². The molecule has 3 aliphatic rings. The van der Waals surface area contributed by atoms with Gasteiger partial charge in [0, 0.05) is 18.8 Å². The number of aliphatic hydroxyl groups is 1. The van der Waals surface area contributed by atoms with E-state index in [9.17, 15) is 18.3 Å². The first-order valence-electron chi connectivity index (χ1n) is 11.7. The van der Waals surface area contributed by atoms with E-state index in [1.165, 1.54) is 12.1 Å². The molecule has 13 heteroatoms. The summed E-state index contributed by atoms with van der Waals surface area (Å²) in [6, 6.07) is 4.78. The van der Waals surface area contributed by atoms with Crippen molar-refractivity contribution >= 4 is 16.7 Å². The monoisotopic (exact) mass is 527 g/mol. The van der Waals surface area contributed by atoms with Crippen LogP contribution in [0.15, 0.2) is 24.3 Å². The number of hydrogen-bond donors (Lipinski definition) is 2. The van der Waals surface area contributed by atoms with Gasteiger partial charge in [-0.3, -0.25) is 0 Å². The summed E-state index contributed by atoms with van der Waals surface area (Å²) in [4.78, 5) is 8.33. The van der Waals surface area contributed by atoms with Gasteiger partial charge in [-0.25, -0.2) is 13.8 Å². The van der Waals surface area contributed by atoms with Gasteiger partial charge in [0.1, 0.15) is 41.0 Å². The van der Waals surface area contributed by atoms with Crippen LogP contribution >= 0.6 is 0 Å². The molecule has 4 atom stereocenters. The first-order valence-corrected chi connectivity index (χ1v) is 11.7. The Kier molecular flexibility index (Phi) is 5.97. The third kappa shape index (κ3) is 4.29. The van der Waals surface area contributed by atoms with Crippen LogP contribution in [0.5, 0.6) is 5.88 Å². The molecule has 2 N–H and O–H groups in total. The van der Waals surface area contributed by atoms with E-state index < -0.39 is 64.8 Å². The van der Waals surface area contributed by atoms with Crippen LogP contribution in [-0.2, 0) is 20.4 Å². The molecule has 0 spiro atoms. The number of aromatic amines is 1. The second kappa shape index (κ2) is 9.08. The van der Waals surface area contributed by atoms with Crippen LogP contribution in [0.1, 0.15) is 5.56 Å². The van der Waals surface area contributed by atoms with Gasteiger partial charge in [0.25, 0.3) is 0 Å². The van der Waals surface area contributed by atoms with Crippen molar-refractivity contribution in [2.75, 3.05) is 44.4 Å². The highest BCUT2D eigenvalue weighted by Gasteiger charge is 2.49. The number of halogens is 5. The number of aliphatic hydroxyl groups excluding tert-OH is 1. The van der Waals surface area contributed by atoms with Crippen molar-refractivity contribution in [1.82, 2.24) is 9.97 Å². The number of anilines is 1. The third-order valence-corrected chi connectivity index (χ3v) is 6.80. The fourth-order valence-corrected chi connectivity index (χ4v) is 5.04. The van der Waals surface area contributed by atoms with Crippen molar-refractivity contribution in [3.05, 3.63) is 41.5 Å². The molecule has 1 aromatic carbocycles. The number of nitrogens with one attached hydrogen (secondary N) is 1. The first-order chi connectivity index (χ1) is 17.7. The summed E-state index contributed by atoms with van der Waals surface area (Å²) in [5.74, 6) is -2.50. The average molecular weight is 527 g/mol. The number of fused-ring (bicyclic) bond motifs is 2. The molecule has 0 aliphatic carbocycles. The highest BCUT2D eigenvalue weighted by atomic mass is 19.4. The number of H-pyrrole nitrogens is 1. The van der Waals surface area contributed by atoms with Crippen LogP contribution in [0.2, 0.25) is 0 Å². The summed E-state index contributed by atoms with van der Waals surface area (Å²) in [7, 11) is 0. The minimum absolute atomic E-state index is 0.0135. The van der Waals surface area contributed by atoms with E-state index in [-0.39, 0.29) is 24.4 Å². The molecular formula is C24H22F5N3O5. The van der Waals surface area contributed by atoms with E-state index in [1.807, 2.05) is 0 Å². The predicted octanol–water partition coefficient (Wildman–Crippen LogP) is 3.27. The molecule has 2 aromatic heterocycles. The van der Waals surface area contributed by atoms with Gasteiger partial charge in [0.15, 0.2) is 6.10 Å². The number of rotatable bonds is 4. The minimum Gasteiger partial charge on any atom is -0.470 e. The fourth-order valence-electron chi connectivity index (χ4n) is 5.04. The van der Waals surface area contributed by atoms with E-state index in [1.54, 1.807) is 4.90 Å². The van der Waals surface area contributed by atoms with Gasteiger partial charge in [-0.2, -0.15) is 13.2 Å². The maximum absolute atomic E-state index is 15.1. The number of alkyl halides is 3. The van der Waals surface area contributed by atoms with Crippen LogP contribution in [0, 0.1) is 11.6 Å². The summed E-state index contributed by atoms with van der Waals surface area (Å²) < 4.78 is 94.4. The Bertz CT molecular complexity index is 1300. The Morgan fingerprint density at radius 2 is 1.73 bits per heavy atom. The zero-order valence-electron chi connectivity index (χ0n) is 19.2. The third-order valence-electron chi connectivity index (χ3n) is 6.80. The highest BCUT2D eigenvalue weighted by molar-refractivity contribution is 5.85. The molecular weight excluding hydrogens is 505 g/mol. The standard InChI is InChI=1S/C24H22F5N3O5/c25-12-7-11(32-3-5-34-6-4-32)8-13(26)18(12)14-1-2-15-20(30-14)19(24(27,28)29)23(31-15)37-17-10-36-21-16(33)9-35-22(17)21/h1-2,7-8,16-17,21-22,31,33H,3-6,9-10H2/t16-,17+,21-,22-/m1/s1. The molecule has 3 saturated heterocycles. The maximum atomic E-state index is 15.1. The lowest BCUT2D eigenvalue weighted by molar-refractivity contribution is -0.138. The van der Waals surface area contributed by atoms with E-state index in [0.29, 0.717) is 32.0 Å². The van der Waals surface area contributed by atoms with Gasteiger partial charge in [-0.1, -0.05) is 0 Å². The van der Waals surface area contributed by atoms with E-state index in [4.69, 9.17) is 18.9 Å². The van der Waals surface area contributed by atoms with Crippen LogP contribution in [0.4, 0.5) is 27.6 Å². The number of ether oxygens (including phenoxy) is 4. The highest BCUT2D eigenvalue weighted by Crippen LogP contribution is 2.43. The second-order valence-electron chi connectivity index (χ2n) is 9.12. The number of morpholine rings is 1. The molecule has 3 fully saturated rings. The Labute approximate surface area is 206 Å². The SMILES string of the molecule is O[C@@H]1CO[C@H]2[C@@H]1OC[C@@H]2Oc1[nH]c2ccc(-c3c(F)cc(N4CCOCC4)cc3F)nc2c1C(F)(F)F. The number of pyridine rings is 1. The number of hydrogen-bond acceptors (Lipinski definition) is 7. The number of benzene rings is 1. The molecule has 0 unspecified atom stereocenters. The normalized spacial score (nSPS) is 26.2. The Balaban J connectivity index is 1.37. The minimum atomic E-state index is -4.90. The van der Waals surface area contributed by atoms with Gasteiger partial charge in [0.05, 0.1) is 43.2 Å². The molecule has 0 saturated carbocycles. The summed E-state index contributed by atoms with van der Waals surface area (Å²) in [5, 5.41) is 9.88. The second-order valence-corrected chi connectivity index (χ2v) is 9.12. The van der Waals surface area contributed by atoms with Crippen molar-refractivity contribution < 1.29 is 46.0 Å². The molecule has 0 radical (unpaired) electrons. The molecule has 3 aliphatic heterocycles. The zero-order valence-corrected chi connectivity index (χ0v) is 19.2. The summed E-state index contributed by atoms with van der Waals surface area (Å²) in [6.07, 6.45) is -8.13. The van der Waals surface area contributed by atoms with Crippen LogP contribution < -0.4 is 9.64 Å². The molecule has 3 aromatic rings. The maximum Gasteiger partial charge on any atom is 0.423 e. The van der Waals surface area contributed by atoms with Crippen molar-refractivity contribution in [2.24, 2.45) is 0 Å². The van der Waals surface area contributed by atoms with E-state index in [2.05, 4.69) is 9.97 Å². The van der Waals surface area contributed by atoms with Gasteiger partial charge in [0.2, 0.25) is 5.88 Å². The van der Waals surface area contributed by atoms with Gasteiger partial charge >= 0.3 is 6.18 Å². The predicted molar refractivity (Wildman–Crippen MR) is 119 cm³/mol. The molecule has 6 rings (SSSR count). The lowest BCUT2D eigenvalue weighted by atomic mass is 10.1. The van der Waals surface area contributed by atoms with E-state index in [0.717, 1.165) is 12.1 Å². The van der Waals surface area contributed by atoms with Gasteiger partial charge < -0.3 is 33.9 Å². The largest absolute Gasteiger partial charge is 0.470 e. The quantitative estimate of drug-likeness (QED) is 0.504. The van der Waals surface area contributed by atoms with Crippen molar-refractivity contribution in [1.29, 1.82) is 0 Å². The molecule has 0 amide bonds. The fraction of sp³-hybridized carbons (Fsp3) is 0.458. The average Bonchev–Trinajstić information content (AvgIpc) is 3.53. The molecule has 37 heavy (non-hydrogen) atoms. The number of nitrogens with zero attached hydrogens (tertiary/aromatic N) is 2. The Morgan fingerprint density at radius 3 is 2.43 bits per heavy atom. The van der Waals surface area contributed by atoms with Crippen LogP contribution in [0.25, 0.3) is 22.3 Å². The first kappa shape index (κ1) is 24.3. The zero-order chi connectivity index (χ0) is 25.9. The molecule has 5 heterocycles. The lowest BCUT2D eigenvalue weighted by Crippen LogP contribution is -2.36.